The maximum absolute atomic E-state index is 13.4. The molecule has 0 bridgehead atoms. The van der Waals surface area contributed by atoms with Gasteiger partial charge in [-0.1, -0.05) is 17.7 Å². The van der Waals surface area contributed by atoms with Gasteiger partial charge in [-0.25, -0.2) is 12.4 Å². The molecule has 0 unspecified atom stereocenters. The Labute approximate surface area is 192 Å². The van der Waals surface area contributed by atoms with Gasteiger partial charge in [0.05, 0.1) is 22.2 Å². The molecule has 172 valence electrons. The SMILES string of the molecule is CCn1cc(Nc2nc(N[C@@H](C)C3CC3)c3ccn(S(=O)(=O)c4ccc(C)cc4)c3n2)cn1. The van der Waals surface area contributed by atoms with Crippen LogP contribution in [-0.2, 0) is 16.6 Å². The fourth-order valence-corrected chi connectivity index (χ4v) is 5.13. The smallest absolute Gasteiger partial charge is 0.269 e. The van der Waals surface area contributed by atoms with Crippen LogP contribution in [0, 0.1) is 12.8 Å². The van der Waals surface area contributed by atoms with E-state index in [1.165, 1.54) is 16.8 Å². The summed E-state index contributed by atoms with van der Waals surface area (Å²) >= 11 is 0. The number of nitrogens with one attached hydrogen (secondary N) is 2. The Morgan fingerprint density at radius 3 is 2.58 bits per heavy atom. The Morgan fingerprint density at radius 1 is 1.15 bits per heavy atom. The molecule has 1 saturated carbocycles. The highest BCUT2D eigenvalue weighted by molar-refractivity contribution is 7.90. The van der Waals surface area contributed by atoms with Crippen molar-refractivity contribution in [3.05, 3.63) is 54.5 Å². The molecule has 0 amide bonds. The summed E-state index contributed by atoms with van der Waals surface area (Å²) in [4.78, 5) is 9.48. The molecule has 5 rings (SSSR count). The molecule has 1 fully saturated rings. The van der Waals surface area contributed by atoms with E-state index in [-0.39, 0.29) is 10.9 Å². The molecular weight excluding hydrogens is 438 g/mol. The van der Waals surface area contributed by atoms with E-state index in [9.17, 15) is 8.42 Å². The van der Waals surface area contributed by atoms with Crippen LogP contribution < -0.4 is 10.6 Å². The van der Waals surface area contributed by atoms with Gasteiger partial charge in [-0.15, -0.1) is 0 Å². The Hall–Kier alpha value is -3.40. The lowest BCUT2D eigenvalue weighted by atomic mass is 10.2. The molecule has 9 nitrogen and oxygen atoms in total. The Kier molecular flexibility index (Phi) is 5.32. The molecule has 1 aromatic carbocycles. The molecule has 1 aliphatic rings. The van der Waals surface area contributed by atoms with Crippen LogP contribution in [0.5, 0.6) is 0 Å². The van der Waals surface area contributed by atoms with Crippen LogP contribution in [0.3, 0.4) is 0 Å². The van der Waals surface area contributed by atoms with Gasteiger partial charge < -0.3 is 10.6 Å². The molecule has 0 saturated heterocycles. The van der Waals surface area contributed by atoms with Gasteiger partial charge in [-0.05, 0) is 57.7 Å². The zero-order chi connectivity index (χ0) is 23.2. The number of anilines is 3. The first-order valence-electron chi connectivity index (χ1n) is 11.1. The predicted molar refractivity (Wildman–Crippen MR) is 128 cm³/mol. The van der Waals surface area contributed by atoms with Crippen molar-refractivity contribution in [1.82, 2.24) is 23.7 Å². The van der Waals surface area contributed by atoms with Gasteiger partial charge in [0, 0.05) is 25.0 Å². The summed E-state index contributed by atoms with van der Waals surface area (Å²) in [6, 6.07) is 8.79. The number of hydrogen-bond acceptors (Lipinski definition) is 7. The molecule has 3 heterocycles. The molecule has 0 radical (unpaired) electrons. The highest BCUT2D eigenvalue weighted by Crippen LogP contribution is 2.35. The highest BCUT2D eigenvalue weighted by atomic mass is 32.2. The predicted octanol–water partition coefficient (Wildman–Crippen LogP) is 4.15. The molecule has 3 aromatic heterocycles. The van der Waals surface area contributed by atoms with Gasteiger partial charge in [-0.3, -0.25) is 4.68 Å². The Bertz CT molecular complexity index is 1400. The summed E-state index contributed by atoms with van der Waals surface area (Å²) in [5.41, 5.74) is 2.05. The zero-order valence-electron chi connectivity index (χ0n) is 18.9. The van der Waals surface area contributed by atoms with E-state index >= 15 is 0 Å². The molecule has 10 heteroatoms. The van der Waals surface area contributed by atoms with Crippen LogP contribution in [0.15, 0.2) is 53.8 Å². The second kappa shape index (κ2) is 8.18. The first-order valence-corrected chi connectivity index (χ1v) is 12.6. The largest absolute Gasteiger partial charge is 0.367 e. The second-order valence-corrected chi connectivity index (χ2v) is 10.4. The molecule has 0 aliphatic heterocycles. The molecule has 4 aromatic rings. The number of rotatable bonds is 8. The summed E-state index contributed by atoms with van der Waals surface area (Å²) < 4.78 is 29.9. The zero-order valence-corrected chi connectivity index (χ0v) is 19.7. The van der Waals surface area contributed by atoms with Crippen molar-refractivity contribution in [2.75, 3.05) is 10.6 Å². The topological polar surface area (TPSA) is 107 Å². The Morgan fingerprint density at radius 2 is 1.91 bits per heavy atom. The third-order valence-corrected chi connectivity index (χ3v) is 7.68. The number of benzene rings is 1. The van der Waals surface area contributed by atoms with Gasteiger partial charge in [0.15, 0.2) is 5.65 Å². The van der Waals surface area contributed by atoms with Crippen LogP contribution in [0.2, 0.25) is 0 Å². The van der Waals surface area contributed by atoms with E-state index in [0.29, 0.717) is 28.7 Å². The average molecular weight is 466 g/mol. The minimum atomic E-state index is -3.82. The van der Waals surface area contributed by atoms with E-state index in [0.717, 1.165) is 17.8 Å². The molecular formula is C23H27N7O2S. The number of nitrogens with zero attached hydrogens (tertiary/aromatic N) is 5. The van der Waals surface area contributed by atoms with Gasteiger partial charge in [-0.2, -0.15) is 15.1 Å². The standard InChI is InChI=1S/C23H27N7O2S/c1-4-29-14-18(13-24-29)26-23-27-21(25-16(3)17-7-8-17)20-11-12-30(22(20)28-23)33(31,32)19-9-5-15(2)6-10-19/h5-6,9-14,16-17H,4,7-8H2,1-3H3,(H2,25,26,27,28)/t16-/m0/s1. The number of hydrogen-bond donors (Lipinski definition) is 2. The fraction of sp³-hybridized carbons (Fsp3) is 0.348. The number of fused-ring (bicyclic) bond motifs is 1. The van der Waals surface area contributed by atoms with Crippen LogP contribution in [0.4, 0.5) is 17.5 Å². The van der Waals surface area contributed by atoms with E-state index in [2.05, 4.69) is 32.6 Å². The average Bonchev–Trinajstić information content (AvgIpc) is 3.40. The van der Waals surface area contributed by atoms with E-state index in [1.807, 2.05) is 20.0 Å². The first kappa shape index (κ1) is 21.4. The normalized spacial score (nSPS) is 15.0. The first-order chi connectivity index (χ1) is 15.8. The molecule has 1 aliphatic carbocycles. The van der Waals surface area contributed by atoms with E-state index in [1.54, 1.807) is 47.4 Å². The van der Waals surface area contributed by atoms with Gasteiger partial charge in [0.1, 0.15) is 5.82 Å². The van der Waals surface area contributed by atoms with Crippen LogP contribution >= 0.6 is 0 Å². The quantitative estimate of drug-likeness (QED) is 0.403. The lowest BCUT2D eigenvalue weighted by Crippen LogP contribution is -2.19. The van der Waals surface area contributed by atoms with Gasteiger partial charge >= 0.3 is 0 Å². The van der Waals surface area contributed by atoms with Gasteiger partial charge in [0.25, 0.3) is 10.0 Å². The highest BCUT2D eigenvalue weighted by Gasteiger charge is 2.29. The maximum atomic E-state index is 13.4. The molecule has 33 heavy (non-hydrogen) atoms. The van der Waals surface area contributed by atoms with E-state index in [4.69, 9.17) is 0 Å². The van der Waals surface area contributed by atoms with Crippen molar-refractivity contribution < 1.29 is 8.42 Å². The summed E-state index contributed by atoms with van der Waals surface area (Å²) in [6.45, 7) is 6.80. The fourth-order valence-electron chi connectivity index (χ4n) is 3.84. The monoisotopic (exact) mass is 465 g/mol. The van der Waals surface area contributed by atoms with Crippen molar-refractivity contribution in [3.63, 3.8) is 0 Å². The summed E-state index contributed by atoms with van der Waals surface area (Å²) in [5.74, 6) is 1.53. The maximum Gasteiger partial charge on any atom is 0.269 e. The van der Waals surface area contributed by atoms with Crippen LogP contribution in [-0.4, -0.2) is 38.2 Å². The van der Waals surface area contributed by atoms with Crippen LogP contribution in [0.25, 0.3) is 11.0 Å². The molecule has 2 N–H and O–H groups in total. The van der Waals surface area contributed by atoms with E-state index < -0.39 is 10.0 Å². The van der Waals surface area contributed by atoms with Crippen molar-refractivity contribution in [1.29, 1.82) is 0 Å². The molecule has 0 spiro atoms. The second-order valence-electron chi connectivity index (χ2n) is 8.54. The van der Waals surface area contributed by atoms with Crippen molar-refractivity contribution in [2.24, 2.45) is 5.92 Å². The summed E-state index contributed by atoms with van der Waals surface area (Å²) in [6.07, 6.45) is 7.47. The minimum absolute atomic E-state index is 0.212. The lowest BCUT2D eigenvalue weighted by Gasteiger charge is -2.16. The van der Waals surface area contributed by atoms with Crippen LogP contribution in [0.1, 0.15) is 32.3 Å². The minimum Gasteiger partial charge on any atom is -0.367 e. The number of aromatic nitrogens is 5. The van der Waals surface area contributed by atoms with Gasteiger partial charge in [0.2, 0.25) is 5.95 Å². The molecule has 1 atom stereocenters. The van der Waals surface area contributed by atoms with Crippen molar-refractivity contribution in [3.8, 4) is 0 Å². The van der Waals surface area contributed by atoms with Crippen molar-refractivity contribution in [2.45, 2.75) is 51.1 Å². The lowest BCUT2D eigenvalue weighted by molar-refractivity contribution is 0.589. The summed E-state index contributed by atoms with van der Waals surface area (Å²) in [7, 11) is -3.82. The third-order valence-electron chi connectivity index (χ3n) is 6.00. The van der Waals surface area contributed by atoms with Crippen molar-refractivity contribution >= 4 is 38.5 Å². The Balaban J connectivity index is 1.60. The number of aryl methyl sites for hydroxylation is 2. The summed E-state index contributed by atoms with van der Waals surface area (Å²) in [5, 5.41) is 11.6. The third kappa shape index (κ3) is 4.18.